The van der Waals surface area contributed by atoms with Gasteiger partial charge in [-0.05, 0) is 31.7 Å². The van der Waals surface area contributed by atoms with Crippen LogP contribution in [0.15, 0.2) is 5.38 Å². The predicted molar refractivity (Wildman–Crippen MR) is 81.3 cm³/mol. The average molecular weight is 268 g/mol. The third-order valence-corrected chi connectivity index (χ3v) is 5.06. The minimum Gasteiger partial charge on any atom is -0.308 e. The molecule has 0 saturated heterocycles. The Hall–Kier alpha value is -0.410. The Kier molecular flexibility index (Phi) is 5.80. The molecule has 1 N–H and O–H groups in total. The van der Waals surface area contributed by atoms with E-state index in [1.165, 1.54) is 23.5 Å². The van der Waals surface area contributed by atoms with E-state index >= 15 is 0 Å². The van der Waals surface area contributed by atoms with Crippen LogP contribution in [0.4, 0.5) is 0 Å². The van der Waals surface area contributed by atoms with Crippen LogP contribution < -0.4 is 5.32 Å². The van der Waals surface area contributed by atoms with Crippen LogP contribution in [0.25, 0.3) is 0 Å². The maximum atomic E-state index is 4.87. The Morgan fingerprint density at radius 3 is 2.39 bits per heavy atom. The molecule has 1 aromatic heterocycles. The Morgan fingerprint density at radius 1 is 1.33 bits per heavy atom. The van der Waals surface area contributed by atoms with E-state index in [1.54, 1.807) is 0 Å². The zero-order valence-electron chi connectivity index (χ0n) is 12.7. The molecule has 2 nitrogen and oxygen atoms in total. The average Bonchev–Trinajstić information content (AvgIpc) is 2.86. The van der Waals surface area contributed by atoms with E-state index in [2.05, 4.69) is 52.4 Å². The largest absolute Gasteiger partial charge is 0.308 e. The Morgan fingerprint density at radius 2 is 2.00 bits per heavy atom. The van der Waals surface area contributed by atoms with Crippen molar-refractivity contribution in [3.63, 3.8) is 0 Å². The van der Waals surface area contributed by atoms with Gasteiger partial charge in [-0.1, -0.05) is 41.0 Å². The van der Waals surface area contributed by atoms with Crippen molar-refractivity contribution in [3.8, 4) is 0 Å². The molecule has 0 aliphatic heterocycles. The smallest absolute Gasteiger partial charge is 0.113 e. The molecule has 3 heteroatoms. The van der Waals surface area contributed by atoms with Gasteiger partial charge in [-0.15, -0.1) is 11.3 Å². The van der Waals surface area contributed by atoms with Gasteiger partial charge in [-0.25, -0.2) is 4.98 Å². The van der Waals surface area contributed by atoms with Crippen molar-refractivity contribution < 1.29 is 0 Å². The van der Waals surface area contributed by atoms with Crippen LogP contribution in [0.3, 0.4) is 0 Å². The normalized spacial score (nSPS) is 16.8. The van der Waals surface area contributed by atoms with Crippen molar-refractivity contribution in [2.75, 3.05) is 7.05 Å². The maximum Gasteiger partial charge on any atom is 0.113 e. The first-order valence-electron chi connectivity index (χ1n) is 7.13. The van der Waals surface area contributed by atoms with Gasteiger partial charge in [0, 0.05) is 5.38 Å². The fourth-order valence-corrected chi connectivity index (χ4v) is 3.55. The first-order valence-corrected chi connectivity index (χ1v) is 8.01. The maximum absolute atomic E-state index is 4.87. The quantitative estimate of drug-likeness (QED) is 0.786. The first-order chi connectivity index (χ1) is 8.49. The molecule has 0 spiro atoms. The SMILES string of the molecule is CCC(C)CC(CC)(NC)c1nc(C(C)C)cs1. The summed E-state index contributed by atoms with van der Waals surface area (Å²) in [5, 5.41) is 7.03. The van der Waals surface area contributed by atoms with E-state index in [0.29, 0.717) is 5.92 Å². The topological polar surface area (TPSA) is 24.9 Å². The lowest BCUT2D eigenvalue weighted by atomic mass is 9.85. The zero-order valence-corrected chi connectivity index (χ0v) is 13.5. The summed E-state index contributed by atoms with van der Waals surface area (Å²) >= 11 is 1.81. The fourth-order valence-electron chi connectivity index (χ4n) is 2.28. The summed E-state index contributed by atoms with van der Waals surface area (Å²) in [6.45, 7) is 11.3. The lowest BCUT2D eigenvalue weighted by Gasteiger charge is -2.33. The third-order valence-electron chi connectivity index (χ3n) is 4.00. The van der Waals surface area contributed by atoms with Gasteiger partial charge < -0.3 is 5.32 Å². The predicted octanol–water partition coefficient (Wildman–Crippen LogP) is 4.53. The Balaban J connectivity index is 3.01. The Bertz CT molecular complexity index is 353. The number of nitrogens with one attached hydrogen (secondary N) is 1. The van der Waals surface area contributed by atoms with Crippen molar-refractivity contribution in [3.05, 3.63) is 16.1 Å². The van der Waals surface area contributed by atoms with E-state index in [-0.39, 0.29) is 5.54 Å². The summed E-state index contributed by atoms with van der Waals surface area (Å²) in [6.07, 6.45) is 3.49. The van der Waals surface area contributed by atoms with Crippen LogP contribution >= 0.6 is 11.3 Å². The zero-order chi connectivity index (χ0) is 13.8. The highest BCUT2D eigenvalue weighted by molar-refractivity contribution is 7.09. The molecule has 0 fully saturated rings. The van der Waals surface area contributed by atoms with Crippen LogP contribution in [-0.4, -0.2) is 12.0 Å². The molecule has 18 heavy (non-hydrogen) atoms. The summed E-state index contributed by atoms with van der Waals surface area (Å²) in [7, 11) is 2.07. The van der Waals surface area contributed by atoms with Gasteiger partial charge in [0.2, 0.25) is 0 Å². The van der Waals surface area contributed by atoms with Gasteiger partial charge in [-0.3, -0.25) is 0 Å². The van der Waals surface area contributed by atoms with E-state index in [9.17, 15) is 0 Å². The molecule has 2 atom stereocenters. The molecule has 104 valence electrons. The van der Waals surface area contributed by atoms with Crippen molar-refractivity contribution in [2.45, 2.75) is 65.3 Å². The van der Waals surface area contributed by atoms with Crippen LogP contribution in [0.5, 0.6) is 0 Å². The van der Waals surface area contributed by atoms with E-state index in [4.69, 9.17) is 4.98 Å². The number of hydrogen-bond acceptors (Lipinski definition) is 3. The molecule has 0 radical (unpaired) electrons. The second kappa shape index (κ2) is 6.67. The Labute approximate surface area is 116 Å². The third kappa shape index (κ3) is 3.33. The molecule has 0 amide bonds. The van der Waals surface area contributed by atoms with Gasteiger partial charge in [0.1, 0.15) is 5.01 Å². The molecule has 0 aliphatic rings. The number of hydrogen-bond donors (Lipinski definition) is 1. The fraction of sp³-hybridized carbons (Fsp3) is 0.800. The number of rotatable bonds is 7. The molecule has 1 heterocycles. The summed E-state index contributed by atoms with van der Waals surface area (Å²) in [6, 6.07) is 0. The number of aromatic nitrogens is 1. The van der Waals surface area contributed by atoms with Crippen molar-refractivity contribution in [1.29, 1.82) is 0 Å². The monoisotopic (exact) mass is 268 g/mol. The van der Waals surface area contributed by atoms with Crippen molar-refractivity contribution in [2.24, 2.45) is 5.92 Å². The molecule has 1 aromatic rings. The molecule has 0 bridgehead atoms. The highest BCUT2D eigenvalue weighted by Crippen LogP contribution is 2.35. The summed E-state index contributed by atoms with van der Waals surface area (Å²) < 4.78 is 0. The highest BCUT2D eigenvalue weighted by atomic mass is 32.1. The van der Waals surface area contributed by atoms with Gasteiger partial charge >= 0.3 is 0 Å². The number of nitrogens with zero attached hydrogens (tertiary/aromatic N) is 1. The summed E-state index contributed by atoms with van der Waals surface area (Å²) in [4.78, 5) is 4.87. The van der Waals surface area contributed by atoms with E-state index in [1.807, 2.05) is 11.3 Å². The van der Waals surface area contributed by atoms with Gasteiger partial charge in [-0.2, -0.15) is 0 Å². The minimum atomic E-state index is 0.0627. The molecule has 0 aliphatic carbocycles. The number of thiazole rings is 1. The molecule has 0 aromatic carbocycles. The molecule has 0 saturated carbocycles. The van der Waals surface area contributed by atoms with Crippen molar-refractivity contribution in [1.82, 2.24) is 10.3 Å². The first kappa shape index (κ1) is 15.6. The lowest BCUT2D eigenvalue weighted by molar-refractivity contribution is 0.266. The van der Waals surface area contributed by atoms with Gasteiger partial charge in [0.25, 0.3) is 0 Å². The summed E-state index contributed by atoms with van der Waals surface area (Å²) in [5.41, 5.74) is 1.29. The van der Waals surface area contributed by atoms with Crippen LogP contribution in [0, 0.1) is 5.92 Å². The second-order valence-electron chi connectivity index (χ2n) is 5.64. The van der Waals surface area contributed by atoms with E-state index in [0.717, 1.165) is 12.3 Å². The van der Waals surface area contributed by atoms with E-state index < -0.39 is 0 Å². The van der Waals surface area contributed by atoms with Gasteiger partial charge in [0.15, 0.2) is 0 Å². The molecular formula is C15H28N2S. The van der Waals surface area contributed by atoms with Crippen molar-refractivity contribution >= 4 is 11.3 Å². The molecular weight excluding hydrogens is 240 g/mol. The molecule has 1 rings (SSSR count). The highest BCUT2D eigenvalue weighted by Gasteiger charge is 2.33. The lowest BCUT2D eigenvalue weighted by Crippen LogP contribution is -2.40. The minimum absolute atomic E-state index is 0.0627. The van der Waals surface area contributed by atoms with Crippen LogP contribution in [-0.2, 0) is 5.54 Å². The summed E-state index contributed by atoms with van der Waals surface area (Å²) in [5.74, 6) is 1.24. The van der Waals surface area contributed by atoms with Crippen LogP contribution in [0.1, 0.15) is 70.5 Å². The van der Waals surface area contributed by atoms with Gasteiger partial charge in [0.05, 0.1) is 11.2 Å². The van der Waals surface area contributed by atoms with Crippen LogP contribution in [0.2, 0.25) is 0 Å². The second-order valence-corrected chi connectivity index (χ2v) is 6.49. The molecule has 2 unspecified atom stereocenters. The standard InChI is InChI=1S/C15H28N2S/c1-7-12(5)9-15(8-2,16-6)14-17-13(10-18-14)11(3)4/h10-12,16H,7-9H2,1-6H3.